The average Bonchev–Trinajstić information content (AvgIpc) is 2.48. The number of sulfonamides is 1. The first-order valence-corrected chi connectivity index (χ1v) is 8.55. The largest absolute Gasteiger partial charge is 0.545 e. The number of carboxylic acids is 1. The van der Waals surface area contributed by atoms with E-state index in [1.165, 1.54) is 33.5 Å². The fourth-order valence-corrected chi connectivity index (χ4v) is 4.27. The van der Waals surface area contributed by atoms with Crippen molar-refractivity contribution in [2.75, 3.05) is 32.7 Å². The molecule has 1 aliphatic rings. The highest BCUT2D eigenvalue weighted by Crippen LogP contribution is 2.19. The van der Waals surface area contributed by atoms with Crippen LogP contribution in [-0.2, 0) is 10.0 Å². The molecule has 0 bridgehead atoms. The molecule has 0 atom stereocenters. The maximum absolute atomic E-state index is 12.6. The summed E-state index contributed by atoms with van der Waals surface area (Å²) in [5, 5.41) is 11.1. The third-order valence-electron chi connectivity index (χ3n) is 3.76. The first kappa shape index (κ1) is 15.9. The molecule has 1 aliphatic heterocycles. The number of rotatable bonds is 5. The Hall–Kier alpha value is -1.44. The number of nitrogens with zero attached hydrogens (tertiary/aromatic N) is 1. The van der Waals surface area contributed by atoms with Gasteiger partial charge in [0, 0.05) is 5.56 Å². The predicted octanol–water partition coefficient (Wildman–Crippen LogP) is -1.65. The number of aromatic carboxylic acids is 1. The first-order chi connectivity index (χ1) is 9.96. The van der Waals surface area contributed by atoms with E-state index in [4.69, 9.17) is 0 Å². The molecular weight excluding hydrogens is 292 g/mol. The number of carbonyl (C=O) groups excluding carboxylic acids is 1. The van der Waals surface area contributed by atoms with Gasteiger partial charge in [0.05, 0.1) is 43.6 Å². The Morgan fingerprint density at radius 1 is 1.29 bits per heavy atom. The van der Waals surface area contributed by atoms with Crippen molar-refractivity contribution in [3.63, 3.8) is 0 Å². The Bertz CT molecular complexity index is 607. The van der Waals surface area contributed by atoms with Gasteiger partial charge in [-0.15, -0.1) is 0 Å². The lowest BCUT2D eigenvalue weighted by Gasteiger charge is -2.31. The molecule has 1 heterocycles. The summed E-state index contributed by atoms with van der Waals surface area (Å²) in [6.45, 7) is 5.47. The summed E-state index contributed by atoms with van der Waals surface area (Å²) in [7, 11) is -3.78. The molecule has 116 valence electrons. The second-order valence-electron chi connectivity index (χ2n) is 5.19. The fraction of sp³-hybridized carbons (Fsp3) is 0.500. The van der Waals surface area contributed by atoms with Crippen molar-refractivity contribution in [3.05, 3.63) is 29.8 Å². The van der Waals surface area contributed by atoms with Crippen molar-refractivity contribution in [1.29, 1.82) is 0 Å². The number of benzene rings is 1. The molecule has 6 nitrogen and oxygen atoms in total. The van der Waals surface area contributed by atoms with Crippen LogP contribution in [0.2, 0.25) is 0 Å². The van der Waals surface area contributed by atoms with Crippen molar-refractivity contribution >= 4 is 16.0 Å². The van der Waals surface area contributed by atoms with Crippen molar-refractivity contribution in [1.82, 2.24) is 4.31 Å². The van der Waals surface area contributed by atoms with Crippen LogP contribution in [0.25, 0.3) is 0 Å². The molecule has 2 rings (SSSR count). The Morgan fingerprint density at radius 2 is 1.90 bits per heavy atom. The van der Waals surface area contributed by atoms with E-state index in [0.717, 1.165) is 26.1 Å². The lowest BCUT2D eigenvalue weighted by molar-refractivity contribution is -0.903. The fourth-order valence-electron chi connectivity index (χ4n) is 2.65. The lowest BCUT2D eigenvalue weighted by atomic mass is 10.2. The van der Waals surface area contributed by atoms with Crippen LogP contribution < -0.4 is 10.0 Å². The minimum absolute atomic E-state index is 0.177. The van der Waals surface area contributed by atoms with E-state index in [1.807, 2.05) is 0 Å². The van der Waals surface area contributed by atoms with Gasteiger partial charge in [0.15, 0.2) is 0 Å². The third kappa shape index (κ3) is 3.42. The molecule has 0 radical (unpaired) electrons. The van der Waals surface area contributed by atoms with Crippen LogP contribution in [0.5, 0.6) is 0 Å². The number of quaternary nitrogens is 1. The van der Waals surface area contributed by atoms with Crippen molar-refractivity contribution < 1.29 is 23.2 Å². The van der Waals surface area contributed by atoms with Gasteiger partial charge in [-0.2, -0.15) is 4.31 Å². The molecule has 1 fully saturated rings. The Labute approximate surface area is 125 Å². The molecule has 0 aromatic heterocycles. The third-order valence-corrected chi connectivity index (χ3v) is 5.71. The highest BCUT2D eigenvalue weighted by molar-refractivity contribution is 7.89. The second-order valence-corrected chi connectivity index (χ2v) is 7.09. The molecular formula is C14H20N2O4S. The van der Waals surface area contributed by atoms with E-state index in [1.54, 1.807) is 0 Å². The molecule has 1 aromatic carbocycles. The van der Waals surface area contributed by atoms with Gasteiger partial charge in [-0.1, -0.05) is 25.1 Å². The van der Waals surface area contributed by atoms with Crippen LogP contribution in [0.3, 0.4) is 0 Å². The number of piperazine rings is 1. The molecule has 7 heteroatoms. The van der Waals surface area contributed by atoms with E-state index in [-0.39, 0.29) is 10.5 Å². The number of nitrogens with one attached hydrogen (secondary N) is 1. The van der Waals surface area contributed by atoms with E-state index >= 15 is 0 Å². The maximum Gasteiger partial charge on any atom is 0.244 e. The van der Waals surface area contributed by atoms with Crippen LogP contribution in [0, 0.1) is 0 Å². The number of hydrogen-bond acceptors (Lipinski definition) is 4. The number of carboxylic acid groups (broad SMARTS) is 1. The number of hydrogen-bond donors (Lipinski definition) is 1. The van der Waals surface area contributed by atoms with Gasteiger partial charge < -0.3 is 14.8 Å². The predicted molar refractivity (Wildman–Crippen MR) is 75.4 cm³/mol. The Kier molecular flexibility index (Phi) is 4.97. The summed E-state index contributed by atoms with van der Waals surface area (Å²) >= 11 is 0. The highest BCUT2D eigenvalue weighted by atomic mass is 32.2. The van der Waals surface area contributed by atoms with Gasteiger partial charge in [0.2, 0.25) is 10.0 Å². The second kappa shape index (κ2) is 6.55. The molecule has 0 saturated carbocycles. The van der Waals surface area contributed by atoms with E-state index in [9.17, 15) is 18.3 Å². The monoisotopic (exact) mass is 312 g/mol. The summed E-state index contributed by atoms with van der Waals surface area (Å²) in [6.07, 6.45) is 1.07. The van der Waals surface area contributed by atoms with Crippen LogP contribution in [-0.4, -0.2) is 51.4 Å². The van der Waals surface area contributed by atoms with Crippen molar-refractivity contribution in [3.8, 4) is 0 Å². The Balaban J connectivity index is 2.22. The summed E-state index contributed by atoms with van der Waals surface area (Å²) in [5.41, 5.74) is -0.277. The SMILES string of the molecule is CCC[NH+]1CCN(S(=O)(=O)c2ccccc2C(=O)[O-])CC1. The van der Waals surface area contributed by atoms with Crippen LogP contribution in [0.4, 0.5) is 0 Å². The van der Waals surface area contributed by atoms with Gasteiger partial charge in [-0.3, -0.25) is 0 Å². The molecule has 0 unspecified atom stereocenters. The average molecular weight is 312 g/mol. The zero-order valence-electron chi connectivity index (χ0n) is 12.0. The molecule has 1 N–H and O–H groups in total. The molecule has 21 heavy (non-hydrogen) atoms. The molecule has 0 aliphatic carbocycles. The van der Waals surface area contributed by atoms with Gasteiger partial charge in [0.1, 0.15) is 0 Å². The first-order valence-electron chi connectivity index (χ1n) is 7.11. The normalized spacial score (nSPS) is 17.8. The molecule has 1 aromatic rings. The highest BCUT2D eigenvalue weighted by Gasteiger charge is 2.31. The summed E-state index contributed by atoms with van der Waals surface area (Å²) in [4.78, 5) is 12.3. The molecule has 1 saturated heterocycles. The van der Waals surface area contributed by atoms with Crippen molar-refractivity contribution in [2.24, 2.45) is 0 Å². The van der Waals surface area contributed by atoms with Gasteiger partial charge in [-0.05, 0) is 12.5 Å². The molecule has 0 spiro atoms. The zero-order valence-corrected chi connectivity index (χ0v) is 12.9. The van der Waals surface area contributed by atoms with Gasteiger partial charge >= 0.3 is 0 Å². The number of carbonyl (C=O) groups is 1. The zero-order chi connectivity index (χ0) is 15.5. The minimum atomic E-state index is -3.78. The summed E-state index contributed by atoms with van der Waals surface area (Å²) in [6, 6.07) is 5.61. The van der Waals surface area contributed by atoms with E-state index in [2.05, 4.69) is 6.92 Å². The molecule has 0 amide bonds. The maximum atomic E-state index is 12.6. The minimum Gasteiger partial charge on any atom is -0.545 e. The Morgan fingerprint density at radius 3 is 2.48 bits per heavy atom. The van der Waals surface area contributed by atoms with Crippen LogP contribution in [0.1, 0.15) is 23.7 Å². The quantitative estimate of drug-likeness (QED) is 0.706. The topological polar surface area (TPSA) is 82.0 Å². The lowest BCUT2D eigenvalue weighted by Crippen LogP contribution is -3.14. The van der Waals surface area contributed by atoms with Crippen LogP contribution in [0.15, 0.2) is 29.2 Å². The summed E-state index contributed by atoms with van der Waals surface area (Å²) < 4.78 is 26.6. The van der Waals surface area contributed by atoms with E-state index in [0.29, 0.717) is 13.1 Å². The van der Waals surface area contributed by atoms with E-state index < -0.39 is 16.0 Å². The van der Waals surface area contributed by atoms with Gasteiger partial charge in [-0.25, -0.2) is 8.42 Å². The van der Waals surface area contributed by atoms with Crippen molar-refractivity contribution in [2.45, 2.75) is 18.2 Å². The van der Waals surface area contributed by atoms with Crippen LogP contribution >= 0.6 is 0 Å². The van der Waals surface area contributed by atoms with Gasteiger partial charge in [0.25, 0.3) is 0 Å². The standard InChI is InChI=1S/C14H20N2O4S/c1-2-7-15-8-10-16(11-9-15)21(19,20)13-6-4-3-5-12(13)14(17)18/h3-6H,2,7-11H2,1H3,(H,17,18). The summed E-state index contributed by atoms with van der Waals surface area (Å²) in [5.74, 6) is -1.47. The smallest absolute Gasteiger partial charge is 0.244 e.